The fraction of sp³-hybridized carbons (Fsp3) is 0.533. The minimum Gasteiger partial charge on any atom is -0.390 e. The Balaban J connectivity index is 2.23. The fourth-order valence-corrected chi connectivity index (χ4v) is 4.76. The van der Waals surface area contributed by atoms with Crippen LogP contribution >= 0.6 is 15.9 Å². The van der Waals surface area contributed by atoms with Crippen LogP contribution in [-0.2, 0) is 6.42 Å². The Bertz CT molecular complexity index is 1010. The van der Waals surface area contributed by atoms with E-state index in [0.29, 0.717) is 43.1 Å². The molecule has 3 N–H and O–H groups in total. The molecule has 0 unspecified atom stereocenters. The number of hydrogen-bond acceptors (Lipinski definition) is 4. The second-order valence-electron chi connectivity index (χ2n) is 10.2. The summed E-state index contributed by atoms with van der Waals surface area (Å²) in [7, 11) is 0. The molecule has 2 amide bonds. The Morgan fingerprint density at radius 1 is 1.03 bits per heavy atom. The van der Waals surface area contributed by atoms with Gasteiger partial charge in [-0.1, -0.05) is 55.8 Å². The molecule has 0 saturated carbocycles. The molecule has 2 aromatic rings. The van der Waals surface area contributed by atoms with Crippen molar-refractivity contribution in [2.45, 2.75) is 72.4 Å². The second-order valence-corrected chi connectivity index (χ2v) is 11.2. The number of rotatable bonds is 15. The first-order chi connectivity index (χ1) is 17.6. The average molecular weight is 575 g/mol. The zero-order chi connectivity index (χ0) is 27.4. The standard InChI is InChI=1S/C30H44BrN3O3/c1-6-13-34(14-7-2)30(37)25-16-22(5)15-24(19-25)29(36)33-27(18-23-9-8-10-26(31)17-23)28(35)20-32-12-11-21(3)4/h8-10,15-17,19,21,27-28,32,35H,6-7,11-14,18,20H2,1-5H3,(H,33,36)/t27-,28+/m0/s1. The lowest BCUT2D eigenvalue weighted by molar-refractivity contribution is 0.0755. The maximum Gasteiger partial charge on any atom is 0.253 e. The number of nitrogens with zero attached hydrogens (tertiary/aromatic N) is 1. The Labute approximate surface area is 231 Å². The van der Waals surface area contributed by atoms with Gasteiger partial charge in [-0.05, 0) is 86.5 Å². The van der Waals surface area contributed by atoms with Crippen LogP contribution in [0.2, 0.25) is 0 Å². The van der Waals surface area contributed by atoms with Crippen LogP contribution in [0.25, 0.3) is 0 Å². The van der Waals surface area contributed by atoms with Crippen LogP contribution in [0.5, 0.6) is 0 Å². The Hall–Kier alpha value is -2.22. The Morgan fingerprint density at radius 3 is 2.32 bits per heavy atom. The summed E-state index contributed by atoms with van der Waals surface area (Å²) in [6.07, 6.45) is 2.49. The minimum absolute atomic E-state index is 0.0541. The summed E-state index contributed by atoms with van der Waals surface area (Å²) >= 11 is 3.51. The number of aryl methyl sites for hydroxylation is 1. The number of benzene rings is 2. The number of carbonyl (C=O) groups is 2. The molecule has 0 aliphatic carbocycles. The van der Waals surface area contributed by atoms with Crippen molar-refractivity contribution in [2.24, 2.45) is 5.92 Å². The molecule has 37 heavy (non-hydrogen) atoms. The van der Waals surface area contributed by atoms with Crippen molar-refractivity contribution < 1.29 is 14.7 Å². The van der Waals surface area contributed by atoms with Crippen molar-refractivity contribution in [1.82, 2.24) is 15.5 Å². The van der Waals surface area contributed by atoms with Gasteiger partial charge in [-0.3, -0.25) is 9.59 Å². The van der Waals surface area contributed by atoms with E-state index in [0.717, 1.165) is 41.4 Å². The van der Waals surface area contributed by atoms with Crippen LogP contribution in [0.1, 0.15) is 78.8 Å². The number of aliphatic hydroxyl groups is 1. The van der Waals surface area contributed by atoms with E-state index in [4.69, 9.17) is 0 Å². The van der Waals surface area contributed by atoms with Gasteiger partial charge in [0.1, 0.15) is 0 Å². The quantitative estimate of drug-likeness (QED) is 0.250. The molecule has 2 atom stereocenters. The molecule has 0 aliphatic heterocycles. The molecule has 0 radical (unpaired) electrons. The van der Waals surface area contributed by atoms with E-state index in [2.05, 4.69) is 54.3 Å². The molecule has 0 saturated heterocycles. The monoisotopic (exact) mass is 573 g/mol. The molecule has 0 aliphatic rings. The highest BCUT2D eigenvalue weighted by atomic mass is 79.9. The molecule has 0 fully saturated rings. The first kappa shape index (κ1) is 31.0. The highest BCUT2D eigenvalue weighted by molar-refractivity contribution is 9.10. The van der Waals surface area contributed by atoms with Gasteiger partial charge >= 0.3 is 0 Å². The predicted molar refractivity (Wildman–Crippen MR) is 155 cm³/mol. The van der Waals surface area contributed by atoms with Gasteiger partial charge < -0.3 is 20.6 Å². The summed E-state index contributed by atoms with van der Waals surface area (Å²) in [4.78, 5) is 28.4. The van der Waals surface area contributed by atoms with Crippen LogP contribution in [0.15, 0.2) is 46.9 Å². The maximum absolute atomic E-state index is 13.4. The first-order valence-electron chi connectivity index (χ1n) is 13.5. The lowest BCUT2D eigenvalue weighted by Gasteiger charge is -2.25. The number of halogens is 1. The maximum atomic E-state index is 13.4. The summed E-state index contributed by atoms with van der Waals surface area (Å²) < 4.78 is 0.949. The summed E-state index contributed by atoms with van der Waals surface area (Å²) in [6.45, 7) is 12.9. The van der Waals surface area contributed by atoms with Gasteiger partial charge in [0.2, 0.25) is 0 Å². The normalized spacial score (nSPS) is 12.9. The zero-order valence-electron chi connectivity index (χ0n) is 23.0. The summed E-state index contributed by atoms with van der Waals surface area (Å²) in [6, 6.07) is 12.7. The van der Waals surface area contributed by atoms with Gasteiger partial charge in [0.25, 0.3) is 11.8 Å². The van der Waals surface area contributed by atoms with E-state index < -0.39 is 12.1 Å². The molecular formula is C30H44BrN3O3. The van der Waals surface area contributed by atoms with Gasteiger partial charge in [0, 0.05) is 35.2 Å². The third kappa shape index (κ3) is 10.6. The SMILES string of the molecule is CCCN(CCC)C(=O)c1cc(C)cc(C(=O)N[C@@H](Cc2cccc(Br)c2)[C@H](O)CNCCC(C)C)c1. The third-order valence-corrected chi connectivity index (χ3v) is 6.73. The molecule has 7 heteroatoms. The molecule has 204 valence electrons. The third-order valence-electron chi connectivity index (χ3n) is 6.24. The van der Waals surface area contributed by atoms with E-state index in [1.807, 2.05) is 42.2 Å². The molecule has 0 aromatic heterocycles. The van der Waals surface area contributed by atoms with E-state index >= 15 is 0 Å². The van der Waals surface area contributed by atoms with Crippen molar-refractivity contribution in [1.29, 1.82) is 0 Å². The first-order valence-corrected chi connectivity index (χ1v) is 14.3. The van der Waals surface area contributed by atoms with Crippen molar-refractivity contribution in [2.75, 3.05) is 26.2 Å². The van der Waals surface area contributed by atoms with Gasteiger partial charge in [-0.25, -0.2) is 0 Å². The fourth-order valence-electron chi connectivity index (χ4n) is 4.31. The van der Waals surface area contributed by atoms with E-state index in [9.17, 15) is 14.7 Å². The molecule has 0 heterocycles. The van der Waals surface area contributed by atoms with Gasteiger partial charge in [0.05, 0.1) is 12.1 Å². The van der Waals surface area contributed by atoms with Crippen LogP contribution in [0.4, 0.5) is 0 Å². The second kappa shape index (κ2) is 15.9. The molecule has 6 nitrogen and oxygen atoms in total. The van der Waals surface area contributed by atoms with Crippen molar-refractivity contribution in [3.8, 4) is 0 Å². The summed E-state index contributed by atoms with van der Waals surface area (Å²) in [5, 5.41) is 17.4. The topological polar surface area (TPSA) is 81.7 Å². The van der Waals surface area contributed by atoms with Gasteiger partial charge in [-0.15, -0.1) is 0 Å². The predicted octanol–water partition coefficient (Wildman–Crippen LogP) is 5.36. The van der Waals surface area contributed by atoms with Crippen molar-refractivity contribution in [3.63, 3.8) is 0 Å². The largest absolute Gasteiger partial charge is 0.390 e. The summed E-state index contributed by atoms with van der Waals surface area (Å²) in [5.41, 5.74) is 2.81. The highest BCUT2D eigenvalue weighted by Gasteiger charge is 2.24. The van der Waals surface area contributed by atoms with Crippen LogP contribution in [0.3, 0.4) is 0 Å². The van der Waals surface area contributed by atoms with Gasteiger partial charge in [0.15, 0.2) is 0 Å². The smallest absolute Gasteiger partial charge is 0.253 e. The lowest BCUT2D eigenvalue weighted by Crippen LogP contribution is -2.49. The minimum atomic E-state index is -0.773. The molecule has 0 spiro atoms. The van der Waals surface area contributed by atoms with Crippen LogP contribution < -0.4 is 10.6 Å². The average Bonchev–Trinajstić information content (AvgIpc) is 2.85. The molecule has 2 rings (SSSR count). The van der Waals surface area contributed by atoms with Crippen molar-refractivity contribution in [3.05, 3.63) is 69.2 Å². The van der Waals surface area contributed by atoms with Crippen molar-refractivity contribution >= 4 is 27.7 Å². The van der Waals surface area contributed by atoms with Crippen LogP contribution in [-0.4, -0.2) is 60.1 Å². The zero-order valence-corrected chi connectivity index (χ0v) is 24.6. The molecular weight excluding hydrogens is 530 g/mol. The van der Waals surface area contributed by atoms with E-state index in [1.54, 1.807) is 12.1 Å². The number of nitrogens with one attached hydrogen (secondary N) is 2. The Kier molecular flexibility index (Phi) is 13.3. The molecule has 2 aromatic carbocycles. The summed E-state index contributed by atoms with van der Waals surface area (Å²) in [5.74, 6) is 0.226. The number of hydrogen-bond donors (Lipinski definition) is 3. The van der Waals surface area contributed by atoms with E-state index in [-0.39, 0.29) is 11.8 Å². The van der Waals surface area contributed by atoms with Gasteiger partial charge in [-0.2, -0.15) is 0 Å². The molecule has 0 bridgehead atoms. The number of amides is 2. The van der Waals surface area contributed by atoms with Crippen LogP contribution in [0, 0.1) is 12.8 Å². The number of aliphatic hydroxyl groups excluding tert-OH is 1. The highest BCUT2D eigenvalue weighted by Crippen LogP contribution is 2.17. The Morgan fingerprint density at radius 2 is 1.70 bits per heavy atom. The number of carbonyl (C=O) groups excluding carboxylic acids is 2. The lowest BCUT2D eigenvalue weighted by atomic mass is 9.99. The van der Waals surface area contributed by atoms with E-state index in [1.165, 1.54) is 0 Å².